The molecule has 2 aromatic carbocycles. The molecule has 0 aromatic heterocycles. The number of carbonyl (C=O) groups excluding carboxylic acids is 2. The highest BCUT2D eigenvalue weighted by Crippen LogP contribution is 2.27. The van der Waals surface area contributed by atoms with Crippen molar-refractivity contribution in [3.63, 3.8) is 0 Å². The van der Waals surface area contributed by atoms with Gasteiger partial charge in [-0.2, -0.15) is 0 Å². The number of carbonyl (C=O) groups is 2. The molecule has 0 aliphatic carbocycles. The summed E-state index contributed by atoms with van der Waals surface area (Å²) in [6, 6.07) is 9.89. The Bertz CT molecular complexity index is 774. The summed E-state index contributed by atoms with van der Waals surface area (Å²) in [7, 11) is 0. The van der Waals surface area contributed by atoms with E-state index in [1.165, 1.54) is 18.2 Å². The van der Waals surface area contributed by atoms with E-state index >= 15 is 0 Å². The molecule has 112 valence electrons. The number of phenolic OH excluding ortho intramolecular Hbond substituents is 1. The van der Waals surface area contributed by atoms with Crippen molar-refractivity contribution < 1.29 is 14.7 Å². The van der Waals surface area contributed by atoms with Crippen LogP contribution in [0.5, 0.6) is 5.75 Å². The Balaban J connectivity index is 1.71. The third kappa shape index (κ3) is 3.04. The van der Waals surface area contributed by atoms with E-state index in [-0.39, 0.29) is 29.7 Å². The molecular weight excluding hydrogens is 304 g/mol. The van der Waals surface area contributed by atoms with Gasteiger partial charge in [0.05, 0.1) is 18.5 Å². The number of rotatable bonds is 3. The highest BCUT2D eigenvalue weighted by atomic mass is 35.5. The summed E-state index contributed by atoms with van der Waals surface area (Å²) < 4.78 is 0. The lowest BCUT2D eigenvalue weighted by molar-refractivity contribution is -0.116. The standard InChI is InChI=1S/C16H13ClN2O3/c17-11-3-4-14(20)13(8-11)19-15(21)6-9-1-2-10-7-16(22)18-12(10)5-9/h1-5,8,20H,6-7H2,(H,18,22)(H,19,21). The maximum Gasteiger partial charge on any atom is 0.228 e. The van der Waals surface area contributed by atoms with Crippen molar-refractivity contribution in [2.45, 2.75) is 12.8 Å². The highest BCUT2D eigenvalue weighted by molar-refractivity contribution is 6.31. The lowest BCUT2D eigenvalue weighted by Gasteiger charge is -2.08. The molecule has 2 aromatic rings. The smallest absolute Gasteiger partial charge is 0.228 e. The molecule has 0 spiro atoms. The van der Waals surface area contributed by atoms with Crippen LogP contribution >= 0.6 is 11.6 Å². The SMILES string of the molecule is O=C(Cc1ccc2c(c1)NC(=O)C2)Nc1cc(Cl)ccc1O. The third-order valence-corrected chi connectivity index (χ3v) is 3.63. The van der Waals surface area contributed by atoms with Crippen molar-refractivity contribution in [3.8, 4) is 5.75 Å². The molecule has 3 N–H and O–H groups in total. The predicted molar refractivity (Wildman–Crippen MR) is 84.2 cm³/mol. The van der Waals surface area contributed by atoms with Crippen LogP contribution in [0.1, 0.15) is 11.1 Å². The third-order valence-electron chi connectivity index (χ3n) is 3.40. The fourth-order valence-electron chi connectivity index (χ4n) is 2.36. The van der Waals surface area contributed by atoms with Gasteiger partial charge in [0.2, 0.25) is 11.8 Å². The van der Waals surface area contributed by atoms with Gasteiger partial charge < -0.3 is 15.7 Å². The first-order chi connectivity index (χ1) is 10.5. The number of benzene rings is 2. The molecule has 3 rings (SSSR count). The lowest BCUT2D eigenvalue weighted by Crippen LogP contribution is -2.14. The van der Waals surface area contributed by atoms with Gasteiger partial charge in [0.1, 0.15) is 5.75 Å². The normalized spacial score (nSPS) is 12.7. The zero-order valence-corrected chi connectivity index (χ0v) is 12.3. The molecule has 1 heterocycles. The van der Waals surface area contributed by atoms with Crippen LogP contribution in [0.15, 0.2) is 36.4 Å². The number of halogens is 1. The Hall–Kier alpha value is -2.53. The molecule has 1 aliphatic rings. The van der Waals surface area contributed by atoms with E-state index in [0.717, 1.165) is 16.8 Å². The molecule has 0 atom stereocenters. The van der Waals surface area contributed by atoms with Crippen LogP contribution < -0.4 is 10.6 Å². The van der Waals surface area contributed by atoms with Crippen LogP contribution in [0.2, 0.25) is 5.02 Å². The molecule has 0 fully saturated rings. The van der Waals surface area contributed by atoms with Crippen molar-refractivity contribution in [1.82, 2.24) is 0 Å². The van der Waals surface area contributed by atoms with Crippen molar-refractivity contribution in [1.29, 1.82) is 0 Å². The van der Waals surface area contributed by atoms with Gasteiger partial charge in [0.15, 0.2) is 0 Å². The maximum atomic E-state index is 12.1. The van der Waals surface area contributed by atoms with Crippen molar-refractivity contribution in [2.75, 3.05) is 10.6 Å². The summed E-state index contributed by atoms with van der Waals surface area (Å²) in [5, 5.41) is 15.5. The second-order valence-electron chi connectivity index (χ2n) is 5.10. The number of amides is 2. The van der Waals surface area contributed by atoms with Gasteiger partial charge in [-0.15, -0.1) is 0 Å². The number of hydrogen-bond donors (Lipinski definition) is 3. The fraction of sp³-hybridized carbons (Fsp3) is 0.125. The average Bonchev–Trinajstić information content (AvgIpc) is 2.82. The number of fused-ring (bicyclic) bond motifs is 1. The summed E-state index contributed by atoms with van der Waals surface area (Å²) in [4.78, 5) is 23.4. The second kappa shape index (κ2) is 5.69. The van der Waals surface area contributed by atoms with Gasteiger partial charge in [-0.25, -0.2) is 0 Å². The Morgan fingerprint density at radius 3 is 2.91 bits per heavy atom. The average molecular weight is 317 g/mol. The Morgan fingerprint density at radius 1 is 1.27 bits per heavy atom. The van der Waals surface area contributed by atoms with Crippen LogP contribution in [0, 0.1) is 0 Å². The van der Waals surface area contributed by atoms with Gasteiger partial charge in [-0.05, 0) is 35.4 Å². The zero-order valence-electron chi connectivity index (χ0n) is 11.5. The summed E-state index contributed by atoms with van der Waals surface area (Å²) in [6.07, 6.45) is 0.507. The van der Waals surface area contributed by atoms with E-state index in [1.54, 1.807) is 6.07 Å². The topological polar surface area (TPSA) is 78.4 Å². The minimum absolute atomic E-state index is 0.0412. The van der Waals surface area contributed by atoms with Gasteiger partial charge in [0, 0.05) is 10.7 Å². The molecule has 22 heavy (non-hydrogen) atoms. The molecule has 0 saturated carbocycles. The monoisotopic (exact) mass is 316 g/mol. The molecule has 5 nitrogen and oxygen atoms in total. The summed E-state index contributed by atoms with van der Waals surface area (Å²) in [5.74, 6) is -0.360. The van der Waals surface area contributed by atoms with Gasteiger partial charge >= 0.3 is 0 Å². The summed E-state index contributed by atoms with van der Waals surface area (Å²) >= 11 is 5.84. The Labute approximate surface area is 131 Å². The van der Waals surface area contributed by atoms with Crippen molar-refractivity contribution in [2.24, 2.45) is 0 Å². The van der Waals surface area contributed by atoms with E-state index in [9.17, 15) is 14.7 Å². The lowest BCUT2D eigenvalue weighted by atomic mass is 10.1. The molecule has 0 radical (unpaired) electrons. The summed E-state index contributed by atoms with van der Waals surface area (Å²) in [6.45, 7) is 0. The minimum Gasteiger partial charge on any atom is -0.506 e. The van der Waals surface area contributed by atoms with Crippen LogP contribution in [0.4, 0.5) is 11.4 Å². The van der Waals surface area contributed by atoms with Crippen LogP contribution in [-0.4, -0.2) is 16.9 Å². The zero-order chi connectivity index (χ0) is 15.7. The number of phenols is 1. The van der Waals surface area contributed by atoms with Gasteiger partial charge in [-0.1, -0.05) is 23.7 Å². The number of anilines is 2. The first kappa shape index (κ1) is 14.4. The van der Waals surface area contributed by atoms with E-state index in [1.807, 2.05) is 12.1 Å². The number of aromatic hydroxyl groups is 1. The Morgan fingerprint density at radius 2 is 2.09 bits per heavy atom. The number of nitrogens with one attached hydrogen (secondary N) is 2. The maximum absolute atomic E-state index is 12.1. The molecule has 6 heteroatoms. The molecule has 2 amide bonds. The van der Waals surface area contributed by atoms with Crippen molar-refractivity contribution >= 4 is 34.8 Å². The minimum atomic E-state index is -0.276. The first-order valence-corrected chi connectivity index (χ1v) is 7.09. The van der Waals surface area contributed by atoms with Crippen LogP contribution in [0.25, 0.3) is 0 Å². The molecule has 0 bridgehead atoms. The van der Waals surface area contributed by atoms with Crippen LogP contribution in [-0.2, 0) is 22.4 Å². The molecule has 0 unspecified atom stereocenters. The highest BCUT2D eigenvalue weighted by Gasteiger charge is 2.18. The Kier molecular flexibility index (Phi) is 3.73. The molecule has 1 aliphatic heterocycles. The number of hydrogen-bond acceptors (Lipinski definition) is 3. The second-order valence-corrected chi connectivity index (χ2v) is 5.54. The first-order valence-electron chi connectivity index (χ1n) is 6.71. The fourth-order valence-corrected chi connectivity index (χ4v) is 2.53. The van der Waals surface area contributed by atoms with Gasteiger partial charge in [0.25, 0.3) is 0 Å². The molecule has 0 saturated heterocycles. The van der Waals surface area contributed by atoms with E-state index in [4.69, 9.17) is 11.6 Å². The molecular formula is C16H13ClN2O3. The van der Waals surface area contributed by atoms with E-state index < -0.39 is 0 Å². The summed E-state index contributed by atoms with van der Waals surface area (Å²) in [5.41, 5.74) is 2.73. The quantitative estimate of drug-likeness (QED) is 0.762. The van der Waals surface area contributed by atoms with E-state index in [0.29, 0.717) is 11.4 Å². The largest absolute Gasteiger partial charge is 0.506 e. The predicted octanol–water partition coefficient (Wildman–Crippen LogP) is 2.72. The van der Waals surface area contributed by atoms with Gasteiger partial charge in [-0.3, -0.25) is 9.59 Å². The van der Waals surface area contributed by atoms with Crippen LogP contribution in [0.3, 0.4) is 0 Å². The van der Waals surface area contributed by atoms with Crippen molar-refractivity contribution in [3.05, 3.63) is 52.5 Å². The van der Waals surface area contributed by atoms with E-state index in [2.05, 4.69) is 10.6 Å².